The minimum absolute atomic E-state index is 0.0502. The Morgan fingerprint density at radius 1 is 1.36 bits per heavy atom. The Balaban J connectivity index is 2.80. The number of thiol groups is 1. The van der Waals surface area contributed by atoms with Crippen LogP contribution in [-0.4, -0.2) is 83.3 Å². The normalized spacial score (nSPS) is 33.1. The molecule has 0 unspecified atom stereocenters. The van der Waals surface area contributed by atoms with Crippen LogP contribution >= 0.6 is 12.6 Å². The summed E-state index contributed by atoms with van der Waals surface area (Å²) in [7, 11) is 1.30. The zero-order chi connectivity index (χ0) is 16.9. The molecule has 2 amide bonds. The van der Waals surface area contributed by atoms with Gasteiger partial charge in [0.15, 0.2) is 6.29 Å². The molecule has 22 heavy (non-hydrogen) atoms. The summed E-state index contributed by atoms with van der Waals surface area (Å²) < 4.78 is 10.3. The second-order valence-electron chi connectivity index (χ2n) is 4.91. The molecule has 1 heterocycles. The maximum atomic E-state index is 12.1. The van der Waals surface area contributed by atoms with E-state index in [9.17, 15) is 19.8 Å². The van der Waals surface area contributed by atoms with Gasteiger partial charge >= 0.3 is 0 Å². The lowest BCUT2D eigenvalue weighted by atomic mass is 9.96. The lowest BCUT2D eigenvalue weighted by Gasteiger charge is -2.42. The van der Waals surface area contributed by atoms with Crippen LogP contribution in [0.15, 0.2) is 0 Å². The van der Waals surface area contributed by atoms with Gasteiger partial charge in [0.05, 0.1) is 6.61 Å². The smallest absolute Gasteiger partial charge is 0.243 e. The monoisotopic (exact) mass is 338 g/mol. The molecule has 1 fully saturated rings. The first-order chi connectivity index (χ1) is 10.3. The number of carbonyl (C=O) groups is 2. The van der Waals surface area contributed by atoms with E-state index in [4.69, 9.17) is 14.6 Å². The maximum Gasteiger partial charge on any atom is 0.243 e. The molecule has 1 aliphatic heterocycles. The molecule has 0 spiro atoms. The van der Waals surface area contributed by atoms with E-state index in [1.807, 2.05) is 0 Å². The SMILES string of the molecule is CO[C@H]1O[C@H](CO)[C@@H](O)[C@H](O)[C@H]1NC(=O)[C@H](CS)NC(C)=O. The number of amides is 2. The Hall–Kier alpha value is -0.910. The summed E-state index contributed by atoms with van der Waals surface area (Å²) in [6.45, 7) is 0.750. The first-order valence-corrected chi connectivity index (χ1v) is 7.32. The minimum atomic E-state index is -1.40. The van der Waals surface area contributed by atoms with Gasteiger partial charge in [-0.1, -0.05) is 0 Å². The van der Waals surface area contributed by atoms with Crippen LogP contribution in [0.1, 0.15) is 6.92 Å². The van der Waals surface area contributed by atoms with Crippen molar-refractivity contribution >= 4 is 24.4 Å². The van der Waals surface area contributed by atoms with Crippen LogP contribution in [0.5, 0.6) is 0 Å². The van der Waals surface area contributed by atoms with Crippen molar-refractivity contribution in [3.8, 4) is 0 Å². The van der Waals surface area contributed by atoms with Crippen molar-refractivity contribution in [3.05, 3.63) is 0 Å². The molecule has 1 rings (SSSR count). The predicted octanol–water partition coefficient (Wildman–Crippen LogP) is -3.01. The number of hydrogen-bond acceptors (Lipinski definition) is 8. The van der Waals surface area contributed by atoms with Crippen molar-refractivity contribution in [1.82, 2.24) is 10.6 Å². The van der Waals surface area contributed by atoms with Crippen LogP contribution in [-0.2, 0) is 19.1 Å². The van der Waals surface area contributed by atoms with Gasteiger partial charge in [-0.15, -0.1) is 0 Å². The third-order valence-electron chi connectivity index (χ3n) is 3.30. The number of nitrogens with one attached hydrogen (secondary N) is 2. The molecule has 0 radical (unpaired) electrons. The lowest BCUT2D eigenvalue weighted by Crippen LogP contribution is -2.66. The Labute approximate surface area is 133 Å². The molecule has 10 heteroatoms. The number of carbonyl (C=O) groups excluding carboxylic acids is 2. The molecule has 0 aromatic rings. The van der Waals surface area contributed by atoms with E-state index in [1.165, 1.54) is 14.0 Å². The largest absolute Gasteiger partial charge is 0.394 e. The lowest BCUT2D eigenvalue weighted by molar-refractivity contribution is -0.262. The zero-order valence-corrected chi connectivity index (χ0v) is 13.2. The Bertz CT molecular complexity index is 396. The van der Waals surface area contributed by atoms with E-state index in [1.54, 1.807) is 0 Å². The van der Waals surface area contributed by atoms with Crippen LogP contribution in [0.4, 0.5) is 0 Å². The molecule has 5 N–H and O–H groups in total. The molecule has 128 valence electrons. The van der Waals surface area contributed by atoms with E-state index in [-0.39, 0.29) is 5.75 Å². The van der Waals surface area contributed by atoms with Gasteiger partial charge in [-0.3, -0.25) is 9.59 Å². The summed E-state index contributed by atoms with van der Waals surface area (Å²) in [4.78, 5) is 23.2. The summed E-state index contributed by atoms with van der Waals surface area (Å²) in [5.41, 5.74) is 0. The second-order valence-corrected chi connectivity index (χ2v) is 5.28. The molecule has 0 aromatic heterocycles. The van der Waals surface area contributed by atoms with Gasteiger partial charge in [0.2, 0.25) is 11.8 Å². The Morgan fingerprint density at radius 2 is 2.00 bits per heavy atom. The van der Waals surface area contributed by atoms with Gasteiger partial charge in [0.25, 0.3) is 0 Å². The third-order valence-corrected chi connectivity index (χ3v) is 3.66. The molecular weight excluding hydrogens is 316 g/mol. The van der Waals surface area contributed by atoms with Crippen molar-refractivity contribution in [1.29, 1.82) is 0 Å². The molecular formula is C12H22N2O7S. The van der Waals surface area contributed by atoms with Gasteiger partial charge in [-0.25, -0.2) is 0 Å². The topological polar surface area (TPSA) is 137 Å². The van der Waals surface area contributed by atoms with Crippen molar-refractivity contribution in [2.45, 2.75) is 43.6 Å². The fraction of sp³-hybridized carbons (Fsp3) is 0.833. The fourth-order valence-electron chi connectivity index (χ4n) is 2.14. The summed E-state index contributed by atoms with van der Waals surface area (Å²) in [6.07, 6.45) is -4.88. The zero-order valence-electron chi connectivity index (χ0n) is 12.3. The van der Waals surface area contributed by atoms with E-state index >= 15 is 0 Å². The van der Waals surface area contributed by atoms with Crippen molar-refractivity contribution in [2.75, 3.05) is 19.5 Å². The molecule has 0 bridgehead atoms. The number of rotatable bonds is 6. The van der Waals surface area contributed by atoms with Gasteiger partial charge < -0.3 is 35.4 Å². The van der Waals surface area contributed by atoms with Crippen LogP contribution in [0.3, 0.4) is 0 Å². The van der Waals surface area contributed by atoms with Crippen LogP contribution < -0.4 is 10.6 Å². The summed E-state index contributed by atoms with van der Waals surface area (Å²) in [5.74, 6) is -0.956. The van der Waals surface area contributed by atoms with Gasteiger partial charge in [-0.05, 0) is 0 Å². The van der Waals surface area contributed by atoms with Gasteiger partial charge in [0.1, 0.15) is 30.4 Å². The van der Waals surface area contributed by atoms with E-state index in [0.717, 1.165) is 0 Å². The van der Waals surface area contributed by atoms with Crippen LogP contribution in [0.2, 0.25) is 0 Å². The Morgan fingerprint density at radius 3 is 2.45 bits per heavy atom. The molecule has 0 aromatic carbocycles. The standard InChI is InChI=1S/C12H22N2O7S/c1-5(16)13-6(4-22)11(19)14-8-10(18)9(17)7(3-15)21-12(8)20-2/h6-10,12,15,17-18,22H,3-4H2,1-2H3,(H,13,16)(H,14,19)/t6-,7+,8+,9+,10+,12-/m0/s1. The van der Waals surface area contributed by atoms with E-state index < -0.39 is 55.1 Å². The maximum absolute atomic E-state index is 12.1. The average molecular weight is 338 g/mol. The molecule has 1 saturated heterocycles. The third kappa shape index (κ3) is 4.54. The molecule has 1 aliphatic rings. The molecule has 6 atom stereocenters. The summed E-state index contributed by atoms with van der Waals surface area (Å²) in [6, 6.07) is -1.97. The number of hydrogen-bond donors (Lipinski definition) is 6. The highest BCUT2D eigenvalue weighted by atomic mass is 32.1. The van der Waals surface area contributed by atoms with Crippen LogP contribution in [0, 0.1) is 0 Å². The van der Waals surface area contributed by atoms with Crippen molar-refractivity contribution in [2.24, 2.45) is 0 Å². The van der Waals surface area contributed by atoms with E-state index in [2.05, 4.69) is 23.3 Å². The predicted molar refractivity (Wildman–Crippen MR) is 78.2 cm³/mol. The number of methoxy groups -OCH3 is 1. The minimum Gasteiger partial charge on any atom is -0.394 e. The Kier molecular flexibility index (Phi) is 7.53. The number of aliphatic hydroxyl groups is 3. The number of ether oxygens (including phenoxy) is 2. The highest BCUT2D eigenvalue weighted by molar-refractivity contribution is 7.80. The number of aliphatic hydroxyl groups excluding tert-OH is 3. The fourth-order valence-corrected chi connectivity index (χ4v) is 2.40. The summed E-state index contributed by atoms with van der Waals surface area (Å²) in [5, 5.41) is 33.9. The van der Waals surface area contributed by atoms with Crippen molar-refractivity contribution in [3.63, 3.8) is 0 Å². The first kappa shape index (κ1) is 19.1. The second kappa shape index (κ2) is 8.65. The van der Waals surface area contributed by atoms with Gasteiger partial charge in [-0.2, -0.15) is 12.6 Å². The molecule has 9 nitrogen and oxygen atoms in total. The van der Waals surface area contributed by atoms with Crippen molar-refractivity contribution < 1.29 is 34.4 Å². The highest BCUT2D eigenvalue weighted by Crippen LogP contribution is 2.21. The quantitative estimate of drug-likeness (QED) is 0.284. The average Bonchev–Trinajstić information content (AvgIpc) is 2.49. The highest BCUT2D eigenvalue weighted by Gasteiger charge is 2.45. The molecule has 0 saturated carbocycles. The first-order valence-electron chi connectivity index (χ1n) is 6.69. The van der Waals surface area contributed by atoms with E-state index in [0.29, 0.717) is 0 Å². The van der Waals surface area contributed by atoms with Crippen LogP contribution in [0.25, 0.3) is 0 Å². The summed E-state index contributed by atoms with van der Waals surface area (Å²) >= 11 is 3.98. The molecule has 0 aliphatic carbocycles. The van der Waals surface area contributed by atoms with Gasteiger partial charge in [0, 0.05) is 19.8 Å².